The topological polar surface area (TPSA) is 65.4 Å². The number of carbonyl (C=O) groups is 1. The van der Waals surface area contributed by atoms with Crippen LogP contribution in [0.15, 0.2) is 47.3 Å². The second-order valence-corrected chi connectivity index (χ2v) is 7.86. The number of oxazole rings is 1. The molecule has 0 radical (unpaired) electrons. The van der Waals surface area contributed by atoms with Gasteiger partial charge in [0.05, 0.1) is 18.7 Å². The standard InChI is InChI=1S/C23H26N4O2/c1-3-26(4-2)23(28)16-10-18-17-6-5-7-19-22(17)15(12-25-19)11-20(18)27(13-16)14-21-24-8-9-29-21/h5-10,12,16,20,25H,3-4,11,13-14H2,1-2H3/t16-,20-/m1/s1. The molecule has 0 unspecified atom stereocenters. The summed E-state index contributed by atoms with van der Waals surface area (Å²) < 4.78 is 5.54. The van der Waals surface area contributed by atoms with Crippen molar-refractivity contribution in [2.45, 2.75) is 32.9 Å². The summed E-state index contributed by atoms with van der Waals surface area (Å²) >= 11 is 0. The highest BCUT2D eigenvalue weighted by Gasteiger charge is 2.38. The molecular formula is C23H26N4O2. The lowest BCUT2D eigenvalue weighted by atomic mass is 9.79. The second-order valence-electron chi connectivity index (χ2n) is 7.86. The molecule has 2 aliphatic rings. The Kier molecular flexibility index (Phi) is 4.51. The van der Waals surface area contributed by atoms with Gasteiger partial charge in [-0.2, -0.15) is 0 Å². The molecule has 1 amide bonds. The average Bonchev–Trinajstić information content (AvgIpc) is 3.40. The molecule has 1 aromatic carbocycles. The van der Waals surface area contributed by atoms with Gasteiger partial charge in [-0.3, -0.25) is 9.69 Å². The lowest BCUT2D eigenvalue weighted by Gasteiger charge is -2.41. The Morgan fingerprint density at radius 1 is 1.34 bits per heavy atom. The summed E-state index contributed by atoms with van der Waals surface area (Å²) in [6.07, 6.45) is 8.57. The second kappa shape index (κ2) is 7.19. The monoisotopic (exact) mass is 390 g/mol. The van der Waals surface area contributed by atoms with Gasteiger partial charge in [-0.15, -0.1) is 0 Å². The summed E-state index contributed by atoms with van der Waals surface area (Å²) in [5.41, 5.74) is 4.99. The Bertz CT molecular complexity index is 1060. The molecule has 5 rings (SSSR count). The van der Waals surface area contributed by atoms with Crippen LogP contribution < -0.4 is 0 Å². The van der Waals surface area contributed by atoms with Crippen molar-refractivity contribution in [3.63, 3.8) is 0 Å². The van der Waals surface area contributed by atoms with Crippen LogP contribution in [0.3, 0.4) is 0 Å². The van der Waals surface area contributed by atoms with E-state index in [4.69, 9.17) is 4.42 Å². The minimum absolute atomic E-state index is 0.160. The number of hydrogen-bond donors (Lipinski definition) is 1. The molecular weight excluding hydrogens is 364 g/mol. The minimum atomic E-state index is -0.160. The van der Waals surface area contributed by atoms with Gasteiger partial charge in [0.1, 0.15) is 6.26 Å². The van der Waals surface area contributed by atoms with Gasteiger partial charge < -0.3 is 14.3 Å². The first-order valence-electron chi connectivity index (χ1n) is 10.4. The van der Waals surface area contributed by atoms with E-state index in [2.05, 4.69) is 45.3 Å². The zero-order valence-corrected chi connectivity index (χ0v) is 16.9. The van der Waals surface area contributed by atoms with Crippen molar-refractivity contribution < 1.29 is 9.21 Å². The summed E-state index contributed by atoms with van der Waals surface area (Å²) in [4.78, 5) is 25.3. The number of aromatic amines is 1. The van der Waals surface area contributed by atoms with Gasteiger partial charge in [0.15, 0.2) is 0 Å². The van der Waals surface area contributed by atoms with Crippen LogP contribution in [0.25, 0.3) is 16.5 Å². The van der Waals surface area contributed by atoms with Crippen molar-refractivity contribution in [2.24, 2.45) is 5.92 Å². The van der Waals surface area contributed by atoms with Crippen LogP contribution in [0.1, 0.15) is 30.9 Å². The molecule has 0 saturated carbocycles. The molecule has 29 heavy (non-hydrogen) atoms. The van der Waals surface area contributed by atoms with Crippen molar-refractivity contribution in [2.75, 3.05) is 19.6 Å². The first-order chi connectivity index (χ1) is 14.2. The van der Waals surface area contributed by atoms with Gasteiger partial charge in [-0.1, -0.05) is 18.2 Å². The highest BCUT2D eigenvalue weighted by atomic mass is 16.3. The molecule has 0 bridgehead atoms. The molecule has 3 heterocycles. The van der Waals surface area contributed by atoms with Crippen LogP contribution >= 0.6 is 0 Å². The highest BCUT2D eigenvalue weighted by Crippen LogP contribution is 2.41. The fraction of sp³-hybridized carbons (Fsp3) is 0.391. The Morgan fingerprint density at radius 2 is 2.21 bits per heavy atom. The van der Waals surface area contributed by atoms with E-state index < -0.39 is 0 Å². The van der Waals surface area contributed by atoms with Gasteiger partial charge in [0.25, 0.3) is 0 Å². The van der Waals surface area contributed by atoms with E-state index >= 15 is 0 Å². The molecule has 150 valence electrons. The lowest BCUT2D eigenvalue weighted by molar-refractivity contribution is -0.134. The Labute approximate surface area is 170 Å². The van der Waals surface area contributed by atoms with Gasteiger partial charge >= 0.3 is 0 Å². The molecule has 2 atom stereocenters. The van der Waals surface area contributed by atoms with E-state index in [-0.39, 0.29) is 17.9 Å². The number of hydrogen-bond acceptors (Lipinski definition) is 4. The Morgan fingerprint density at radius 3 is 2.97 bits per heavy atom. The van der Waals surface area contributed by atoms with Crippen LogP contribution in [0.5, 0.6) is 0 Å². The Balaban J connectivity index is 1.59. The predicted octanol–water partition coefficient (Wildman–Crippen LogP) is 3.46. The number of nitrogens with zero attached hydrogens (tertiary/aromatic N) is 3. The number of carbonyl (C=O) groups excluding carboxylic acids is 1. The van der Waals surface area contributed by atoms with Crippen molar-refractivity contribution in [1.82, 2.24) is 19.8 Å². The van der Waals surface area contributed by atoms with Gasteiger partial charge in [-0.25, -0.2) is 4.98 Å². The van der Waals surface area contributed by atoms with Gasteiger partial charge in [0, 0.05) is 42.8 Å². The molecule has 1 aliphatic heterocycles. The van der Waals surface area contributed by atoms with E-state index in [9.17, 15) is 4.79 Å². The number of rotatable bonds is 5. The van der Waals surface area contributed by atoms with Crippen molar-refractivity contribution in [1.29, 1.82) is 0 Å². The highest BCUT2D eigenvalue weighted by molar-refractivity contribution is 5.99. The molecule has 6 nitrogen and oxygen atoms in total. The molecule has 0 spiro atoms. The average molecular weight is 390 g/mol. The number of amides is 1. The fourth-order valence-electron chi connectivity index (χ4n) is 4.93. The van der Waals surface area contributed by atoms with Crippen LogP contribution in [0.4, 0.5) is 0 Å². The minimum Gasteiger partial charge on any atom is -0.448 e. The smallest absolute Gasteiger partial charge is 0.230 e. The van der Waals surface area contributed by atoms with Crippen molar-refractivity contribution in [3.05, 3.63) is 59.9 Å². The maximum absolute atomic E-state index is 13.2. The third-order valence-electron chi connectivity index (χ3n) is 6.34. The zero-order valence-electron chi connectivity index (χ0n) is 16.9. The summed E-state index contributed by atoms with van der Waals surface area (Å²) in [5.74, 6) is 0.732. The molecule has 0 saturated heterocycles. The SMILES string of the molecule is CCN(CC)C(=O)[C@@H]1C=C2c3cccc4[nH]cc(c34)C[C@H]2N(Cc2ncco2)C1. The number of H-pyrrole nitrogens is 1. The molecule has 3 aromatic rings. The normalized spacial score (nSPS) is 21.1. The maximum Gasteiger partial charge on any atom is 0.230 e. The third kappa shape index (κ3) is 2.99. The summed E-state index contributed by atoms with van der Waals surface area (Å²) in [5, 5.41) is 1.29. The Hall–Kier alpha value is -2.86. The molecule has 1 N–H and O–H groups in total. The predicted molar refractivity (Wildman–Crippen MR) is 112 cm³/mol. The van der Waals surface area contributed by atoms with Gasteiger partial charge in [-0.05, 0) is 43.0 Å². The lowest BCUT2D eigenvalue weighted by Crippen LogP contribution is -2.49. The van der Waals surface area contributed by atoms with Gasteiger partial charge in [0.2, 0.25) is 11.8 Å². The maximum atomic E-state index is 13.2. The van der Waals surface area contributed by atoms with Crippen molar-refractivity contribution in [3.8, 4) is 0 Å². The van der Waals surface area contributed by atoms with E-state index in [1.807, 2.05) is 18.7 Å². The van der Waals surface area contributed by atoms with E-state index in [1.165, 1.54) is 22.1 Å². The molecule has 0 fully saturated rings. The van der Waals surface area contributed by atoms with Crippen LogP contribution in [-0.4, -0.2) is 51.4 Å². The van der Waals surface area contributed by atoms with Crippen LogP contribution in [0, 0.1) is 5.92 Å². The first kappa shape index (κ1) is 18.2. The number of benzene rings is 1. The summed E-state index contributed by atoms with van der Waals surface area (Å²) in [6.45, 7) is 6.83. The van der Waals surface area contributed by atoms with E-state index in [0.29, 0.717) is 19.0 Å². The zero-order chi connectivity index (χ0) is 20.0. The quantitative estimate of drug-likeness (QED) is 0.725. The number of nitrogens with one attached hydrogen (secondary N) is 1. The summed E-state index contributed by atoms with van der Waals surface area (Å²) in [6, 6.07) is 6.62. The van der Waals surface area contributed by atoms with Crippen LogP contribution in [0.2, 0.25) is 0 Å². The van der Waals surface area contributed by atoms with Crippen LogP contribution in [-0.2, 0) is 17.8 Å². The molecule has 2 aromatic heterocycles. The molecule has 1 aliphatic carbocycles. The molecule has 6 heteroatoms. The summed E-state index contributed by atoms with van der Waals surface area (Å²) in [7, 11) is 0. The first-order valence-corrected chi connectivity index (χ1v) is 10.4. The van der Waals surface area contributed by atoms with Crippen molar-refractivity contribution >= 4 is 22.4 Å². The third-order valence-corrected chi connectivity index (χ3v) is 6.34. The number of aromatic nitrogens is 2. The fourth-order valence-corrected chi connectivity index (χ4v) is 4.93. The largest absolute Gasteiger partial charge is 0.448 e. The van der Waals surface area contributed by atoms with E-state index in [1.54, 1.807) is 12.5 Å². The number of fused-ring (bicyclic) bond motifs is 2. The van der Waals surface area contributed by atoms with E-state index in [0.717, 1.165) is 25.0 Å².